The van der Waals surface area contributed by atoms with Crippen LogP contribution in [-0.2, 0) is 16.0 Å². The molecule has 2 heterocycles. The first-order valence-electron chi connectivity index (χ1n) is 12.3. The van der Waals surface area contributed by atoms with Crippen molar-refractivity contribution in [3.63, 3.8) is 0 Å². The number of primary amides is 1. The molecule has 0 aliphatic carbocycles. The van der Waals surface area contributed by atoms with E-state index in [-0.39, 0.29) is 11.4 Å². The SMILES string of the molecule is NC(=O)C[C@H](NC(=O)c1ccc2ccccc2n1)C(=O)N[C@@H](Cc1ccccc1)[C@@H](O)CSc1ncccn1. The number of amides is 3. The number of nitrogens with two attached hydrogens (primary N) is 1. The standard InChI is InChI=1S/C28H28N6O4S/c29-25(36)16-23(34-26(37)21-12-11-19-9-4-5-10-20(19)32-21)27(38)33-22(15-18-7-2-1-3-8-18)24(35)17-39-28-30-13-6-14-31-28/h1-14,22-24,35H,15-17H2,(H2,29,36)(H,33,38)(H,34,37)/t22-,23-,24-/m0/s1. The van der Waals surface area contributed by atoms with Crippen molar-refractivity contribution in [3.8, 4) is 0 Å². The zero-order valence-corrected chi connectivity index (χ0v) is 21.8. The maximum atomic E-state index is 13.3. The van der Waals surface area contributed by atoms with Crippen molar-refractivity contribution in [2.24, 2.45) is 5.73 Å². The quantitative estimate of drug-likeness (QED) is 0.155. The lowest BCUT2D eigenvalue weighted by Gasteiger charge is -2.26. The smallest absolute Gasteiger partial charge is 0.270 e. The molecule has 5 N–H and O–H groups in total. The van der Waals surface area contributed by atoms with Gasteiger partial charge in [-0.25, -0.2) is 15.0 Å². The number of rotatable bonds is 12. The van der Waals surface area contributed by atoms with Crippen LogP contribution in [0.1, 0.15) is 22.5 Å². The normalized spacial score (nSPS) is 13.3. The molecule has 0 fully saturated rings. The summed E-state index contributed by atoms with van der Waals surface area (Å²) in [6, 6.07) is 19.7. The Morgan fingerprint density at radius 2 is 1.62 bits per heavy atom. The number of carbonyl (C=O) groups excluding carboxylic acids is 3. The number of fused-ring (bicyclic) bond motifs is 1. The largest absolute Gasteiger partial charge is 0.390 e. The minimum atomic E-state index is -1.26. The number of nitrogens with zero attached hydrogens (tertiary/aromatic N) is 3. The molecule has 39 heavy (non-hydrogen) atoms. The second-order valence-corrected chi connectivity index (χ2v) is 9.79. The Bertz CT molecular complexity index is 1420. The molecule has 2 aromatic carbocycles. The van der Waals surface area contributed by atoms with Crippen LogP contribution in [0.3, 0.4) is 0 Å². The van der Waals surface area contributed by atoms with Gasteiger partial charge < -0.3 is 21.5 Å². The van der Waals surface area contributed by atoms with E-state index < -0.39 is 42.3 Å². The Labute approximate surface area is 229 Å². The van der Waals surface area contributed by atoms with Crippen LogP contribution in [0.25, 0.3) is 10.9 Å². The number of aromatic nitrogens is 3. The number of pyridine rings is 1. The minimum Gasteiger partial charge on any atom is -0.390 e. The number of carbonyl (C=O) groups is 3. The zero-order valence-electron chi connectivity index (χ0n) is 20.9. The summed E-state index contributed by atoms with van der Waals surface area (Å²) < 4.78 is 0. The van der Waals surface area contributed by atoms with Crippen molar-refractivity contribution in [3.05, 3.63) is 96.4 Å². The lowest BCUT2D eigenvalue weighted by atomic mass is 10.0. The molecule has 0 spiro atoms. The van der Waals surface area contributed by atoms with E-state index in [0.29, 0.717) is 17.1 Å². The number of aliphatic hydroxyl groups excluding tert-OH is 1. The number of hydrogen-bond donors (Lipinski definition) is 4. The fraction of sp³-hybridized carbons (Fsp3) is 0.214. The number of aliphatic hydroxyl groups is 1. The van der Waals surface area contributed by atoms with Crippen molar-refractivity contribution >= 4 is 40.4 Å². The summed E-state index contributed by atoms with van der Waals surface area (Å²) in [6.45, 7) is 0. The fourth-order valence-electron chi connectivity index (χ4n) is 3.91. The van der Waals surface area contributed by atoms with Crippen LogP contribution in [0.5, 0.6) is 0 Å². The van der Waals surface area contributed by atoms with Crippen LogP contribution in [-0.4, -0.2) is 61.7 Å². The van der Waals surface area contributed by atoms with Gasteiger partial charge in [0.25, 0.3) is 5.91 Å². The van der Waals surface area contributed by atoms with E-state index in [9.17, 15) is 19.5 Å². The van der Waals surface area contributed by atoms with E-state index in [1.807, 2.05) is 42.5 Å². The summed E-state index contributed by atoms with van der Waals surface area (Å²) in [6.07, 6.45) is 2.10. The van der Waals surface area contributed by atoms with Crippen LogP contribution in [0.2, 0.25) is 0 Å². The van der Waals surface area contributed by atoms with Crippen molar-refractivity contribution < 1.29 is 19.5 Å². The van der Waals surface area contributed by atoms with Crippen LogP contribution >= 0.6 is 11.8 Å². The van der Waals surface area contributed by atoms with Crippen molar-refractivity contribution in [1.82, 2.24) is 25.6 Å². The van der Waals surface area contributed by atoms with Gasteiger partial charge in [0.15, 0.2) is 5.16 Å². The average Bonchev–Trinajstić information content (AvgIpc) is 2.95. The second-order valence-electron chi connectivity index (χ2n) is 8.80. The van der Waals surface area contributed by atoms with E-state index in [0.717, 1.165) is 10.9 Å². The minimum absolute atomic E-state index is 0.0936. The van der Waals surface area contributed by atoms with Crippen molar-refractivity contribution in [1.29, 1.82) is 0 Å². The lowest BCUT2D eigenvalue weighted by molar-refractivity contribution is -0.128. The molecule has 3 atom stereocenters. The molecule has 4 aromatic rings. The van der Waals surface area contributed by atoms with Gasteiger partial charge in [-0.3, -0.25) is 14.4 Å². The van der Waals surface area contributed by atoms with Gasteiger partial charge in [0, 0.05) is 23.5 Å². The molecule has 3 amide bonds. The molecule has 2 aromatic heterocycles. The summed E-state index contributed by atoms with van der Waals surface area (Å²) in [5, 5.41) is 17.8. The summed E-state index contributed by atoms with van der Waals surface area (Å²) in [5.74, 6) is -1.84. The van der Waals surface area contributed by atoms with Crippen LogP contribution in [0, 0.1) is 0 Å². The van der Waals surface area contributed by atoms with Crippen molar-refractivity contribution in [2.45, 2.75) is 36.2 Å². The zero-order chi connectivity index (χ0) is 27.6. The van der Waals surface area contributed by atoms with E-state index in [1.165, 1.54) is 11.8 Å². The third-order valence-electron chi connectivity index (χ3n) is 5.87. The number of benzene rings is 2. The van der Waals surface area contributed by atoms with Crippen LogP contribution in [0.15, 0.2) is 90.3 Å². The van der Waals surface area contributed by atoms with Gasteiger partial charge in [0.1, 0.15) is 11.7 Å². The van der Waals surface area contributed by atoms with Gasteiger partial charge in [-0.2, -0.15) is 0 Å². The third kappa shape index (κ3) is 8.06. The first-order valence-corrected chi connectivity index (χ1v) is 13.2. The van der Waals surface area contributed by atoms with Crippen molar-refractivity contribution in [2.75, 3.05) is 5.75 Å². The lowest BCUT2D eigenvalue weighted by Crippen LogP contribution is -2.54. The van der Waals surface area contributed by atoms with Gasteiger partial charge >= 0.3 is 0 Å². The predicted octanol–water partition coefficient (Wildman–Crippen LogP) is 1.88. The highest BCUT2D eigenvalue weighted by molar-refractivity contribution is 7.99. The summed E-state index contributed by atoms with van der Waals surface area (Å²) >= 11 is 1.25. The number of para-hydroxylation sites is 1. The summed E-state index contributed by atoms with van der Waals surface area (Å²) in [5.41, 5.74) is 6.99. The monoisotopic (exact) mass is 544 g/mol. The predicted molar refractivity (Wildman–Crippen MR) is 148 cm³/mol. The molecule has 200 valence electrons. The molecule has 0 unspecified atom stereocenters. The Kier molecular flexibility index (Phi) is 9.54. The average molecular weight is 545 g/mol. The molecule has 0 radical (unpaired) electrons. The van der Waals surface area contributed by atoms with E-state index in [2.05, 4.69) is 25.6 Å². The summed E-state index contributed by atoms with van der Waals surface area (Å²) in [4.78, 5) is 50.7. The Hall–Kier alpha value is -4.35. The molecule has 0 aliphatic rings. The van der Waals surface area contributed by atoms with Gasteiger partial charge in [-0.05, 0) is 30.2 Å². The molecule has 4 rings (SSSR count). The van der Waals surface area contributed by atoms with Gasteiger partial charge in [-0.15, -0.1) is 0 Å². The molecule has 0 bridgehead atoms. The van der Waals surface area contributed by atoms with E-state index >= 15 is 0 Å². The number of hydrogen-bond acceptors (Lipinski definition) is 8. The Morgan fingerprint density at radius 3 is 2.36 bits per heavy atom. The van der Waals surface area contributed by atoms with Gasteiger partial charge in [0.2, 0.25) is 11.8 Å². The first kappa shape index (κ1) is 27.7. The third-order valence-corrected chi connectivity index (χ3v) is 6.85. The molecule has 10 nitrogen and oxygen atoms in total. The summed E-state index contributed by atoms with van der Waals surface area (Å²) in [7, 11) is 0. The molecule has 0 saturated carbocycles. The highest BCUT2D eigenvalue weighted by atomic mass is 32.2. The maximum absolute atomic E-state index is 13.3. The topological polar surface area (TPSA) is 160 Å². The van der Waals surface area contributed by atoms with Crippen LogP contribution < -0.4 is 16.4 Å². The number of nitrogens with one attached hydrogen (secondary N) is 2. The molecule has 0 saturated heterocycles. The van der Waals surface area contributed by atoms with Crippen LogP contribution in [0.4, 0.5) is 0 Å². The van der Waals surface area contributed by atoms with E-state index in [4.69, 9.17) is 5.73 Å². The Morgan fingerprint density at radius 1 is 0.897 bits per heavy atom. The maximum Gasteiger partial charge on any atom is 0.270 e. The highest BCUT2D eigenvalue weighted by Crippen LogP contribution is 2.17. The fourth-order valence-corrected chi connectivity index (χ4v) is 4.73. The molecule has 11 heteroatoms. The number of thioether (sulfide) groups is 1. The van der Waals surface area contributed by atoms with Gasteiger partial charge in [0.05, 0.1) is 24.1 Å². The molecular formula is C28H28N6O4S. The van der Waals surface area contributed by atoms with Gasteiger partial charge in [-0.1, -0.05) is 66.4 Å². The second kappa shape index (κ2) is 13.4. The molecule has 0 aliphatic heterocycles. The Balaban J connectivity index is 1.49. The van der Waals surface area contributed by atoms with E-state index in [1.54, 1.807) is 42.7 Å². The highest BCUT2D eigenvalue weighted by Gasteiger charge is 2.29. The molecular weight excluding hydrogens is 516 g/mol. The first-order chi connectivity index (χ1) is 18.9.